The number of rotatable bonds is 46. The van der Waals surface area contributed by atoms with Crippen molar-refractivity contribution >= 4 is 70.6 Å². The number of Topliss-reactive ketones (excluding diaryl/α,β-unsaturated/α-hetero) is 2. The van der Waals surface area contributed by atoms with Crippen LogP contribution in [-0.4, -0.2) is 193 Å². The quantitative estimate of drug-likeness (QED) is 0.0395. The highest BCUT2D eigenvalue weighted by Gasteiger charge is 2.37. The van der Waals surface area contributed by atoms with Gasteiger partial charge in [0, 0.05) is 62.7 Å². The molecule has 0 radical (unpaired) electrons. The number of carbonyl (C=O) groups excluding carboxylic acids is 8. The number of hydrogen-bond donors (Lipinski definition) is 14. The van der Waals surface area contributed by atoms with Crippen molar-refractivity contribution < 1.29 is 82.6 Å². The van der Waals surface area contributed by atoms with Crippen LogP contribution in [-0.2, 0) is 57.4 Å². The molecule has 5 atom stereocenters. The van der Waals surface area contributed by atoms with E-state index in [9.17, 15) is 73.2 Å². The van der Waals surface area contributed by atoms with Crippen LogP contribution in [0.4, 0.5) is 5.69 Å². The number of anilines is 1. The molecule has 0 heterocycles. The summed E-state index contributed by atoms with van der Waals surface area (Å²) in [6.07, 6.45) is 2.12. The number of hydrogen-bond acceptors (Lipinski definition) is 18. The first-order chi connectivity index (χ1) is 39.7. The minimum atomic E-state index is -1.62. The van der Waals surface area contributed by atoms with Crippen LogP contribution < -0.4 is 53.6 Å². The van der Waals surface area contributed by atoms with Crippen molar-refractivity contribution in [2.45, 2.75) is 179 Å². The van der Waals surface area contributed by atoms with Gasteiger partial charge in [0.15, 0.2) is 11.6 Å². The van der Waals surface area contributed by atoms with Gasteiger partial charge in [-0.1, -0.05) is 6.92 Å². The highest BCUT2D eigenvalue weighted by Crippen LogP contribution is 2.29. The molecule has 1 aromatic carbocycles. The molecule has 0 aliphatic heterocycles. The summed E-state index contributed by atoms with van der Waals surface area (Å²) in [5.41, 5.74) is 4.50. The molecule has 1 aliphatic carbocycles. The van der Waals surface area contributed by atoms with E-state index in [0.29, 0.717) is 50.1 Å². The van der Waals surface area contributed by atoms with Crippen molar-refractivity contribution in [3.63, 3.8) is 0 Å². The molecule has 474 valence electrons. The summed E-state index contributed by atoms with van der Waals surface area (Å²) in [6.45, 7) is 9.66. The van der Waals surface area contributed by atoms with Crippen molar-refractivity contribution in [2.75, 3.05) is 71.6 Å². The van der Waals surface area contributed by atoms with E-state index in [1.165, 1.54) is 13.8 Å². The fourth-order valence-electron chi connectivity index (χ4n) is 9.30. The highest BCUT2D eigenvalue weighted by molar-refractivity contribution is 5.98. The molecular weight excluding hydrogens is 1100 g/mol. The van der Waals surface area contributed by atoms with E-state index in [0.717, 1.165) is 38.0 Å². The third-order valence-electron chi connectivity index (χ3n) is 14.4. The van der Waals surface area contributed by atoms with Gasteiger partial charge in [-0.25, -0.2) is 4.79 Å². The predicted molar refractivity (Wildman–Crippen MR) is 309 cm³/mol. The Balaban J connectivity index is 1.93. The van der Waals surface area contributed by atoms with E-state index < -0.39 is 133 Å². The Morgan fingerprint density at radius 3 is 1.81 bits per heavy atom. The van der Waals surface area contributed by atoms with Gasteiger partial charge in [0.1, 0.15) is 24.7 Å². The van der Waals surface area contributed by atoms with E-state index in [-0.39, 0.29) is 69.8 Å². The molecule has 84 heavy (non-hydrogen) atoms. The fraction of sp³-hybridized carbons (Fsp3) is 0.702. The average Bonchev–Trinajstić information content (AvgIpc) is 3.58. The molecule has 1 aliphatic rings. The maximum Gasteiger partial charge on any atom is 0.326 e. The normalized spacial score (nSPS) is 16.1. The lowest BCUT2D eigenvalue weighted by Gasteiger charge is -2.31. The van der Waals surface area contributed by atoms with Crippen LogP contribution in [0, 0.1) is 11.8 Å². The van der Waals surface area contributed by atoms with E-state index >= 15 is 0 Å². The molecule has 0 bridgehead atoms. The number of aliphatic hydroxyl groups is 1. The first-order valence-electron chi connectivity index (χ1n) is 29.0. The third-order valence-corrected chi connectivity index (χ3v) is 14.4. The average molecular weight is 1190 g/mol. The molecular formula is C57H94N10O17. The number of aliphatic carboxylic acids is 3. The Labute approximate surface area is 492 Å². The van der Waals surface area contributed by atoms with Crippen molar-refractivity contribution in [2.24, 2.45) is 17.6 Å². The molecule has 5 unspecified atom stereocenters. The zero-order valence-electron chi connectivity index (χ0n) is 49.7. The summed E-state index contributed by atoms with van der Waals surface area (Å²) in [7, 11) is 1.84. The van der Waals surface area contributed by atoms with Gasteiger partial charge in [-0.15, -0.1) is 0 Å². The lowest BCUT2D eigenvalue weighted by molar-refractivity contribution is -0.143. The highest BCUT2D eigenvalue weighted by atomic mass is 16.5. The molecule has 27 nitrogen and oxygen atoms in total. The van der Waals surface area contributed by atoms with Crippen LogP contribution >= 0.6 is 0 Å². The maximum atomic E-state index is 14.0. The first-order valence-corrected chi connectivity index (χ1v) is 29.0. The molecule has 0 saturated heterocycles. The Morgan fingerprint density at radius 2 is 1.23 bits per heavy atom. The summed E-state index contributed by atoms with van der Waals surface area (Å²) in [6, 6.07) is 0.433. The van der Waals surface area contributed by atoms with Crippen LogP contribution in [0.2, 0.25) is 0 Å². The van der Waals surface area contributed by atoms with Gasteiger partial charge in [0.25, 0.3) is 5.91 Å². The molecule has 0 aromatic heterocycles. The summed E-state index contributed by atoms with van der Waals surface area (Å²) >= 11 is 0. The van der Waals surface area contributed by atoms with E-state index in [1.807, 2.05) is 19.2 Å². The lowest BCUT2D eigenvalue weighted by atomic mass is 9.81. The zero-order valence-corrected chi connectivity index (χ0v) is 49.7. The second-order valence-electron chi connectivity index (χ2n) is 22.2. The maximum absolute atomic E-state index is 14.0. The van der Waals surface area contributed by atoms with Gasteiger partial charge < -0.3 is 78.2 Å². The summed E-state index contributed by atoms with van der Waals surface area (Å²) in [5.74, 6) is -9.07. The topological polar surface area (TPSA) is 421 Å². The number of primary amides is 1. The molecule has 1 fully saturated rings. The second kappa shape index (κ2) is 39.1. The van der Waals surface area contributed by atoms with Gasteiger partial charge in [0.05, 0.1) is 43.0 Å². The van der Waals surface area contributed by atoms with E-state index in [1.54, 1.807) is 26.0 Å². The smallest absolute Gasteiger partial charge is 0.326 e. The van der Waals surface area contributed by atoms with Gasteiger partial charge >= 0.3 is 17.9 Å². The van der Waals surface area contributed by atoms with Crippen LogP contribution in [0.3, 0.4) is 0 Å². The van der Waals surface area contributed by atoms with Crippen molar-refractivity contribution in [3.05, 3.63) is 29.8 Å². The number of carboxylic acids is 3. The molecule has 27 heteroatoms. The van der Waals surface area contributed by atoms with Crippen LogP contribution in [0.1, 0.15) is 148 Å². The van der Waals surface area contributed by atoms with Gasteiger partial charge in [0.2, 0.25) is 29.5 Å². The number of carboxylic acid groups (broad SMARTS) is 3. The number of ether oxygens (including phenoxy) is 2. The Bertz CT molecular complexity index is 2290. The predicted octanol–water partition coefficient (Wildman–Crippen LogP) is 0.502. The lowest BCUT2D eigenvalue weighted by Crippen LogP contribution is -2.60. The molecule has 1 saturated carbocycles. The monoisotopic (exact) mass is 1190 g/mol. The van der Waals surface area contributed by atoms with Crippen LogP contribution in [0.5, 0.6) is 0 Å². The number of nitrogens with one attached hydrogen (secondary N) is 9. The van der Waals surface area contributed by atoms with Crippen LogP contribution in [0.15, 0.2) is 24.3 Å². The number of benzene rings is 1. The minimum absolute atomic E-state index is 0.000782. The Kier molecular flexibility index (Phi) is 34.2. The van der Waals surface area contributed by atoms with Crippen LogP contribution in [0.25, 0.3) is 0 Å². The zero-order chi connectivity index (χ0) is 62.8. The molecule has 2 rings (SSSR count). The molecule has 0 spiro atoms. The fourth-order valence-corrected chi connectivity index (χ4v) is 9.30. The second-order valence-corrected chi connectivity index (χ2v) is 22.2. The number of amides is 6. The molecule has 6 amide bonds. The van der Waals surface area contributed by atoms with E-state index in [4.69, 9.17) is 15.2 Å². The number of carbonyl (C=O) groups is 11. The van der Waals surface area contributed by atoms with E-state index in [2.05, 4.69) is 54.8 Å². The van der Waals surface area contributed by atoms with Gasteiger partial charge in [-0.3, -0.25) is 53.3 Å². The largest absolute Gasteiger partial charge is 0.481 e. The van der Waals surface area contributed by atoms with Gasteiger partial charge in [-0.05, 0) is 155 Å². The number of ketones is 2. The molecule has 15 N–H and O–H groups in total. The third kappa shape index (κ3) is 28.8. The standard InChI is InChI=1S/C57H94N10O17/c1-7-27-60-39-19-17-37(18-20-39)51(77)61-28-9-8-11-41(50(58)76)67-56(2,3)45(69)35-84-33-32-83-31-29-62-57(4,5)49(75)40(22-25-47(71)72)64-54(80)43(23-26-48(73)74)65-53(79)42(12-10-30-68)63-46(70)24-21-44(55(81)82)66-52(78)38-15-13-36(14-16-38)34-59-6/h17-20,36,38,40-44,59-60,62,67-68H,7-16,21-35H2,1-6H3,(H2,58,76)(H,61,77)(H,63,70)(H,64,80)(H,65,79)(H,66,78)(H,71,72)(H,73,74)(H,81,82). The van der Waals surface area contributed by atoms with Crippen molar-refractivity contribution in [1.82, 2.24) is 42.5 Å². The first kappa shape index (κ1) is 73.5. The van der Waals surface area contributed by atoms with Crippen molar-refractivity contribution in [1.29, 1.82) is 0 Å². The minimum Gasteiger partial charge on any atom is -0.481 e. The summed E-state index contributed by atoms with van der Waals surface area (Å²) in [4.78, 5) is 141. The number of nitrogens with two attached hydrogens (primary N) is 1. The SMILES string of the molecule is CCCNc1ccc(C(=O)NCCCCC(NC(C)(C)C(=O)COCCOCCNC(C)(C)C(=O)C(CCC(=O)O)NC(=O)C(CCC(=O)O)NC(=O)C(CCCO)NC(=O)CCC(NC(=O)C2CCC(CNC)CC2)C(=O)O)C(N)=O)cc1. The van der Waals surface area contributed by atoms with Gasteiger partial charge in [-0.2, -0.15) is 0 Å². The number of unbranched alkanes of at least 4 members (excludes halogenated alkanes) is 1. The van der Waals surface area contributed by atoms with Crippen molar-refractivity contribution in [3.8, 4) is 0 Å². The number of aliphatic hydroxyl groups excluding tert-OH is 1. The molecule has 1 aromatic rings. The Hall–Kier alpha value is -6.65. The summed E-state index contributed by atoms with van der Waals surface area (Å²) in [5, 5.41) is 63.6. The Morgan fingerprint density at radius 1 is 0.643 bits per heavy atom. The summed E-state index contributed by atoms with van der Waals surface area (Å²) < 4.78 is 11.2.